The van der Waals surface area contributed by atoms with Crippen molar-refractivity contribution >= 4 is 17.5 Å². The molecular formula is C25H32N4O3. The second-order valence-electron chi connectivity index (χ2n) is 7.96. The smallest absolute Gasteiger partial charge is 0.288 e. The maximum atomic E-state index is 12.5. The van der Waals surface area contributed by atoms with E-state index < -0.39 is 0 Å². The number of aliphatic imine (C=N–C) groups is 1. The summed E-state index contributed by atoms with van der Waals surface area (Å²) < 4.78 is 5.72. The molecule has 0 spiro atoms. The number of nitrogens with one attached hydrogen (secondary N) is 2. The molecule has 7 nitrogen and oxygen atoms in total. The number of allylic oxidation sites excluding steroid dienone is 1. The van der Waals surface area contributed by atoms with Gasteiger partial charge in [0.05, 0.1) is 18.5 Å². The number of carbonyl (C=O) groups excluding carboxylic acids is 2. The molecule has 3 rings (SSSR count). The second kappa shape index (κ2) is 10.9. The molecule has 2 N–H and O–H groups in total. The molecule has 2 aromatic rings. The van der Waals surface area contributed by atoms with Crippen molar-refractivity contribution in [3.05, 3.63) is 53.4 Å². The predicted molar refractivity (Wildman–Crippen MR) is 126 cm³/mol. The Morgan fingerprint density at radius 1 is 0.969 bits per heavy atom. The van der Waals surface area contributed by atoms with Gasteiger partial charge in [-0.05, 0) is 43.9 Å². The molecule has 1 aliphatic rings. The first-order valence-corrected chi connectivity index (χ1v) is 11.4. The number of benzene rings is 1. The Morgan fingerprint density at radius 2 is 1.59 bits per heavy atom. The second-order valence-corrected chi connectivity index (χ2v) is 7.96. The van der Waals surface area contributed by atoms with E-state index in [0.29, 0.717) is 18.0 Å². The minimum absolute atomic E-state index is 0.0607. The molecule has 0 saturated carbocycles. The Kier molecular flexibility index (Phi) is 7.98. The Labute approximate surface area is 189 Å². The van der Waals surface area contributed by atoms with Crippen molar-refractivity contribution in [2.24, 2.45) is 4.99 Å². The van der Waals surface area contributed by atoms with Crippen LogP contribution in [0.2, 0.25) is 0 Å². The highest BCUT2D eigenvalue weighted by Crippen LogP contribution is 2.23. The van der Waals surface area contributed by atoms with Gasteiger partial charge in [0.2, 0.25) is 17.6 Å². The van der Waals surface area contributed by atoms with Gasteiger partial charge in [0.15, 0.2) is 0 Å². The highest BCUT2D eigenvalue weighted by atomic mass is 16.4. The number of hydrogen-bond donors (Lipinski definition) is 2. The molecule has 1 aliphatic heterocycles. The van der Waals surface area contributed by atoms with Crippen molar-refractivity contribution < 1.29 is 14.0 Å². The van der Waals surface area contributed by atoms with Crippen LogP contribution >= 0.6 is 0 Å². The van der Waals surface area contributed by atoms with E-state index in [4.69, 9.17) is 4.42 Å². The van der Waals surface area contributed by atoms with Crippen molar-refractivity contribution in [3.63, 3.8) is 0 Å². The lowest BCUT2D eigenvalue weighted by molar-refractivity contribution is -0.118. The molecule has 0 aliphatic carbocycles. The zero-order valence-corrected chi connectivity index (χ0v) is 19.3. The lowest BCUT2D eigenvalue weighted by Crippen LogP contribution is -2.35. The minimum atomic E-state index is -0.259. The topological polar surface area (TPSA) is 96.6 Å². The molecule has 0 saturated heterocycles. The maximum Gasteiger partial charge on any atom is 0.288 e. The van der Waals surface area contributed by atoms with E-state index in [1.807, 2.05) is 44.2 Å². The summed E-state index contributed by atoms with van der Waals surface area (Å²) in [4.78, 5) is 33.7. The zero-order chi connectivity index (χ0) is 23.1. The molecule has 32 heavy (non-hydrogen) atoms. The van der Waals surface area contributed by atoms with Crippen LogP contribution in [0.1, 0.15) is 69.5 Å². The van der Waals surface area contributed by atoms with E-state index in [9.17, 15) is 9.59 Å². The van der Waals surface area contributed by atoms with Crippen LogP contribution in [-0.2, 0) is 4.79 Å². The van der Waals surface area contributed by atoms with E-state index in [1.54, 1.807) is 0 Å². The van der Waals surface area contributed by atoms with Crippen LogP contribution in [0, 0.1) is 0 Å². The van der Waals surface area contributed by atoms with Crippen LogP contribution in [0.3, 0.4) is 0 Å². The van der Waals surface area contributed by atoms with Gasteiger partial charge in [-0.1, -0.05) is 39.8 Å². The molecule has 0 fully saturated rings. The number of oxazole rings is 1. The third-order valence-electron chi connectivity index (χ3n) is 5.80. The number of carbonyl (C=O) groups is 2. The van der Waals surface area contributed by atoms with Crippen LogP contribution in [0.25, 0.3) is 11.5 Å². The quantitative estimate of drug-likeness (QED) is 0.580. The molecule has 0 unspecified atom stereocenters. The molecule has 2 heterocycles. The largest absolute Gasteiger partial charge is 0.431 e. The van der Waals surface area contributed by atoms with E-state index >= 15 is 0 Å². The number of amides is 2. The van der Waals surface area contributed by atoms with Gasteiger partial charge in [-0.25, -0.2) is 4.98 Å². The fourth-order valence-corrected chi connectivity index (χ4v) is 3.58. The predicted octanol–water partition coefficient (Wildman–Crippen LogP) is 4.29. The number of rotatable bonds is 10. The van der Waals surface area contributed by atoms with Gasteiger partial charge < -0.3 is 15.1 Å². The average molecular weight is 437 g/mol. The summed E-state index contributed by atoms with van der Waals surface area (Å²) in [6, 6.07) is 7.89. The number of hydrogen-bond acceptors (Lipinski definition) is 5. The molecule has 170 valence electrons. The van der Waals surface area contributed by atoms with E-state index in [-0.39, 0.29) is 29.7 Å². The number of nitrogens with zero attached hydrogens (tertiary/aromatic N) is 2. The van der Waals surface area contributed by atoms with E-state index in [2.05, 4.69) is 34.5 Å². The number of aromatic nitrogens is 1. The summed E-state index contributed by atoms with van der Waals surface area (Å²) in [5.74, 6) is 0.242. The molecule has 0 atom stereocenters. The Morgan fingerprint density at radius 3 is 2.25 bits per heavy atom. The van der Waals surface area contributed by atoms with Crippen LogP contribution in [0.5, 0.6) is 0 Å². The molecule has 1 aromatic heterocycles. The van der Waals surface area contributed by atoms with Crippen molar-refractivity contribution in [2.45, 2.75) is 65.5 Å². The fourth-order valence-electron chi connectivity index (χ4n) is 3.58. The Bertz CT molecular complexity index is 1010. The summed E-state index contributed by atoms with van der Waals surface area (Å²) in [6.07, 6.45) is 6.81. The van der Waals surface area contributed by atoms with Gasteiger partial charge in [0, 0.05) is 28.8 Å². The summed E-state index contributed by atoms with van der Waals surface area (Å²) in [7, 11) is 0. The first kappa shape index (κ1) is 23.4. The molecule has 7 heteroatoms. The average Bonchev–Trinajstić information content (AvgIpc) is 3.51. The van der Waals surface area contributed by atoms with Gasteiger partial charge >= 0.3 is 0 Å². The lowest BCUT2D eigenvalue weighted by atomic mass is 10.1. The first-order valence-electron chi connectivity index (χ1n) is 11.4. The normalized spacial score (nSPS) is 13.3. The van der Waals surface area contributed by atoms with Crippen molar-refractivity contribution in [1.82, 2.24) is 15.6 Å². The van der Waals surface area contributed by atoms with E-state index in [1.165, 1.54) is 6.20 Å². The fraction of sp³-hybridized carbons (Fsp3) is 0.440. The summed E-state index contributed by atoms with van der Waals surface area (Å²) in [5.41, 5.74) is 3.03. The van der Waals surface area contributed by atoms with Gasteiger partial charge in [0.25, 0.3) is 5.91 Å². The molecule has 2 amide bonds. The molecule has 0 radical (unpaired) electrons. The first-order chi connectivity index (χ1) is 15.5. The lowest BCUT2D eigenvalue weighted by Gasteiger charge is -2.14. The highest BCUT2D eigenvalue weighted by Gasteiger charge is 2.20. The molecule has 1 aromatic carbocycles. The third kappa shape index (κ3) is 5.52. The van der Waals surface area contributed by atoms with Gasteiger partial charge in [-0.15, -0.1) is 0 Å². The summed E-state index contributed by atoms with van der Waals surface area (Å²) in [5, 5.41) is 6.01. The van der Waals surface area contributed by atoms with Crippen LogP contribution in [0.4, 0.5) is 0 Å². The van der Waals surface area contributed by atoms with Crippen LogP contribution in [-0.4, -0.2) is 41.1 Å². The summed E-state index contributed by atoms with van der Waals surface area (Å²) in [6.45, 7) is 8.56. The van der Waals surface area contributed by atoms with Crippen LogP contribution < -0.4 is 10.6 Å². The molecular weight excluding hydrogens is 404 g/mol. The highest BCUT2D eigenvalue weighted by molar-refractivity contribution is 6.15. The van der Waals surface area contributed by atoms with E-state index in [0.717, 1.165) is 42.5 Å². The Balaban J connectivity index is 1.73. The Hall–Kier alpha value is -3.22. The third-order valence-corrected chi connectivity index (χ3v) is 5.80. The van der Waals surface area contributed by atoms with Crippen LogP contribution in [0.15, 0.2) is 51.5 Å². The standard InChI is InChI=1S/C25H32N4O3/c1-5-19(6-2)28-23(30)18-13-21(26-14-18)16-10-9-11-17(12-16)25-27-15-22(32-25)24(31)29-20(7-3)8-4/h9-13,15,19-20H,5-8,14H2,1-4H3,(H,28,30)(H,29,31). The van der Waals surface area contributed by atoms with Crippen molar-refractivity contribution in [3.8, 4) is 11.5 Å². The van der Waals surface area contributed by atoms with Gasteiger partial charge in [0.1, 0.15) is 0 Å². The van der Waals surface area contributed by atoms with Gasteiger partial charge in [-0.2, -0.15) is 0 Å². The maximum absolute atomic E-state index is 12.5. The zero-order valence-electron chi connectivity index (χ0n) is 19.3. The molecule has 0 bridgehead atoms. The van der Waals surface area contributed by atoms with Crippen molar-refractivity contribution in [2.75, 3.05) is 6.54 Å². The monoisotopic (exact) mass is 436 g/mol. The van der Waals surface area contributed by atoms with Crippen molar-refractivity contribution in [1.29, 1.82) is 0 Å². The van der Waals surface area contributed by atoms with Gasteiger partial charge in [-0.3, -0.25) is 14.6 Å². The minimum Gasteiger partial charge on any atom is -0.431 e. The SMILES string of the molecule is CCC(CC)NC(=O)C1=CC(c2cccc(-c3ncc(C(=O)NC(CC)CC)o3)c2)=NC1. The summed E-state index contributed by atoms with van der Waals surface area (Å²) >= 11 is 0.